The van der Waals surface area contributed by atoms with Crippen molar-refractivity contribution in [2.24, 2.45) is 29.6 Å². The Hall–Kier alpha value is -0.790. The molecule has 6 atom stereocenters. The lowest BCUT2D eigenvalue weighted by Crippen LogP contribution is -2.51. The fraction of sp³-hybridized carbons (Fsp3) is 0.833. The van der Waals surface area contributed by atoms with E-state index in [2.05, 4.69) is 20.4 Å². The number of ether oxygens (including phenoxy) is 1. The molecule has 0 aromatic rings. The third-order valence-corrected chi connectivity index (χ3v) is 6.71. The normalized spacial score (nSPS) is 46.0. The third kappa shape index (κ3) is 1.95. The van der Waals surface area contributed by atoms with Crippen molar-refractivity contribution in [3.63, 3.8) is 0 Å². The number of esters is 1. The molecule has 0 amide bonds. The van der Waals surface area contributed by atoms with Crippen molar-refractivity contribution in [3.8, 4) is 0 Å². The van der Waals surface area contributed by atoms with Gasteiger partial charge in [-0.3, -0.25) is 0 Å². The first kappa shape index (κ1) is 14.2. The molecule has 3 fully saturated rings. The van der Waals surface area contributed by atoms with Crippen LogP contribution >= 0.6 is 0 Å². The summed E-state index contributed by atoms with van der Waals surface area (Å²) >= 11 is 0. The molecule has 0 spiro atoms. The van der Waals surface area contributed by atoms with Gasteiger partial charge in [-0.05, 0) is 75.0 Å². The fourth-order valence-electron chi connectivity index (χ4n) is 5.64. The number of hydrogen-bond acceptors (Lipinski definition) is 2. The molecule has 6 unspecified atom stereocenters. The van der Waals surface area contributed by atoms with Crippen LogP contribution in [0.4, 0.5) is 0 Å². The van der Waals surface area contributed by atoms with Gasteiger partial charge in [0.05, 0.1) is 0 Å². The van der Waals surface area contributed by atoms with E-state index in [1.165, 1.54) is 25.7 Å². The van der Waals surface area contributed by atoms with Crippen LogP contribution < -0.4 is 0 Å². The molecule has 112 valence electrons. The Labute approximate surface area is 123 Å². The highest BCUT2D eigenvalue weighted by molar-refractivity contribution is 5.87. The van der Waals surface area contributed by atoms with E-state index in [0.717, 1.165) is 36.5 Å². The molecule has 0 aliphatic heterocycles. The van der Waals surface area contributed by atoms with Gasteiger partial charge in [0.25, 0.3) is 0 Å². The van der Waals surface area contributed by atoms with Crippen molar-refractivity contribution < 1.29 is 9.53 Å². The average Bonchev–Trinajstić information content (AvgIpc) is 3.03. The minimum atomic E-state index is -0.234. The molecule has 3 aliphatic carbocycles. The number of fused-ring (bicyclic) bond motifs is 5. The van der Waals surface area contributed by atoms with Gasteiger partial charge in [0.2, 0.25) is 0 Å². The Morgan fingerprint density at radius 1 is 1.30 bits per heavy atom. The van der Waals surface area contributed by atoms with Gasteiger partial charge in [-0.25, -0.2) is 4.79 Å². The summed E-state index contributed by atoms with van der Waals surface area (Å²) in [5.74, 6) is 3.88. The van der Waals surface area contributed by atoms with Gasteiger partial charge < -0.3 is 4.74 Å². The maximum absolute atomic E-state index is 12.1. The second kappa shape index (κ2) is 4.89. The van der Waals surface area contributed by atoms with Gasteiger partial charge in [0.15, 0.2) is 0 Å². The first-order valence-electron chi connectivity index (χ1n) is 8.37. The summed E-state index contributed by atoms with van der Waals surface area (Å²) in [5, 5.41) is 0. The van der Waals surface area contributed by atoms with Crippen LogP contribution in [-0.4, -0.2) is 11.6 Å². The van der Waals surface area contributed by atoms with Crippen LogP contribution in [0, 0.1) is 29.6 Å². The van der Waals surface area contributed by atoms with Gasteiger partial charge >= 0.3 is 5.97 Å². The zero-order valence-corrected chi connectivity index (χ0v) is 13.2. The Morgan fingerprint density at radius 2 is 2.00 bits per heavy atom. The van der Waals surface area contributed by atoms with Gasteiger partial charge in [-0.15, -0.1) is 0 Å². The molecule has 0 heterocycles. The zero-order valence-electron chi connectivity index (χ0n) is 13.2. The van der Waals surface area contributed by atoms with Crippen molar-refractivity contribution in [1.29, 1.82) is 0 Å². The van der Waals surface area contributed by atoms with E-state index < -0.39 is 0 Å². The highest BCUT2D eigenvalue weighted by atomic mass is 16.6. The van der Waals surface area contributed by atoms with E-state index >= 15 is 0 Å². The van der Waals surface area contributed by atoms with Crippen LogP contribution in [0.3, 0.4) is 0 Å². The van der Waals surface area contributed by atoms with Crippen molar-refractivity contribution in [3.05, 3.63) is 12.2 Å². The summed E-state index contributed by atoms with van der Waals surface area (Å²) in [7, 11) is 0. The third-order valence-electron chi connectivity index (χ3n) is 6.71. The Bertz CT molecular complexity index is 427. The van der Waals surface area contributed by atoms with Crippen molar-refractivity contribution in [1.82, 2.24) is 0 Å². The van der Waals surface area contributed by atoms with E-state index in [-0.39, 0.29) is 11.6 Å². The molecule has 2 bridgehead atoms. The molecule has 0 aromatic heterocycles. The lowest BCUT2D eigenvalue weighted by atomic mass is 9.59. The number of hydrogen-bond donors (Lipinski definition) is 0. The molecule has 0 aromatic carbocycles. The van der Waals surface area contributed by atoms with Crippen molar-refractivity contribution in [2.75, 3.05) is 0 Å². The standard InChI is InChI=1S/C18H28O2/c1-5-18(20-17(19)11(2)3)9-8-15-13-6-7-14(10-13)16(15)12(18)4/h12-16H,2,5-10H2,1,3-4H3. The van der Waals surface area contributed by atoms with Crippen LogP contribution in [0.15, 0.2) is 12.2 Å². The van der Waals surface area contributed by atoms with Crippen molar-refractivity contribution >= 4 is 5.97 Å². The van der Waals surface area contributed by atoms with Gasteiger partial charge in [0.1, 0.15) is 5.60 Å². The summed E-state index contributed by atoms with van der Waals surface area (Å²) < 4.78 is 5.98. The fourth-order valence-corrected chi connectivity index (χ4v) is 5.64. The molecular weight excluding hydrogens is 248 g/mol. The monoisotopic (exact) mass is 276 g/mol. The lowest BCUT2D eigenvalue weighted by molar-refractivity contribution is -0.175. The van der Waals surface area contributed by atoms with Crippen LogP contribution in [0.2, 0.25) is 0 Å². The molecule has 3 aliphatic rings. The van der Waals surface area contributed by atoms with Gasteiger partial charge in [-0.1, -0.05) is 20.4 Å². The van der Waals surface area contributed by atoms with Gasteiger partial charge in [0, 0.05) is 5.57 Å². The SMILES string of the molecule is C=C(C)C(=O)OC1(CC)CCC2C3CCC(C3)C2C1C. The Kier molecular flexibility index (Phi) is 3.46. The smallest absolute Gasteiger partial charge is 0.333 e. The minimum absolute atomic E-state index is 0.194. The average molecular weight is 276 g/mol. The van der Waals surface area contributed by atoms with E-state index in [1.54, 1.807) is 6.92 Å². The lowest BCUT2D eigenvalue weighted by Gasteiger charge is -2.50. The molecule has 2 heteroatoms. The Morgan fingerprint density at radius 3 is 2.65 bits per heavy atom. The van der Waals surface area contributed by atoms with Crippen molar-refractivity contribution in [2.45, 2.75) is 64.9 Å². The first-order chi connectivity index (χ1) is 9.48. The first-order valence-corrected chi connectivity index (χ1v) is 8.37. The number of rotatable bonds is 3. The zero-order chi connectivity index (χ0) is 14.5. The van der Waals surface area contributed by atoms with E-state index in [4.69, 9.17) is 4.74 Å². The molecule has 20 heavy (non-hydrogen) atoms. The van der Waals surface area contributed by atoms with Gasteiger partial charge in [-0.2, -0.15) is 0 Å². The molecular formula is C18H28O2. The summed E-state index contributed by atoms with van der Waals surface area (Å²) in [6, 6.07) is 0. The van der Waals surface area contributed by atoms with Crippen LogP contribution in [0.1, 0.15) is 59.3 Å². The van der Waals surface area contributed by atoms with E-state index in [9.17, 15) is 4.79 Å². The number of carbonyl (C=O) groups excluding carboxylic acids is 1. The van der Waals surface area contributed by atoms with E-state index in [1.807, 2.05) is 0 Å². The van der Waals surface area contributed by atoms with E-state index in [0.29, 0.717) is 11.5 Å². The molecule has 0 N–H and O–H groups in total. The van der Waals surface area contributed by atoms with Crippen LogP contribution in [0.25, 0.3) is 0 Å². The summed E-state index contributed by atoms with van der Waals surface area (Å²) in [4.78, 5) is 12.1. The maximum atomic E-state index is 12.1. The maximum Gasteiger partial charge on any atom is 0.333 e. The summed E-state index contributed by atoms with van der Waals surface area (Å²) in [5.41, 5.74) is 0.293. The summed E-state index contributed by atoms with van der Waals surface area (Å²) in [6.07, 6.45) is 7.54. The molecule has 0 saturated heterocycles. The highest BCUT2D eigenvalue weighted by Crippen LogP contribution is 2.62. The van der Waals surface area contributed by atoms with Crippen LogP contribution in [0.5, 0.6) is 0 Å². The second-order valence-electron chi connectivity index (χ2n) is 7.49. The predicted molar refractivity (Wildman–Crippen MR) is 80.1 cm³/mol. The van der Waals surface area contributed by atoms with Crippen LogP contribution in [-0.2, 0) is 9.53 Å². The molecule has 3 rings (SSSR count). The second-order valence-corrected chi connectivity index (χ2v) is 7.49. The highest BCUT2D eigenvalue weighted by Gasteiger charge is 2.57. The summed E-state index contributed by atoms with van der Waals surface area (Å²) in [6.45, 7) is 10.0. The number of carbonyl (C=O) groups is 1. The Balaban J connectivity index is 1.82. The topological polar surface area (TPSA) is 26.3 Å². The quantitative estimate of drug-likeness (QED) is 0.566. The minimum Gasteiger partial charge on any atom is -0.455 e. The largest absolute Gasteiger partial charge is 0.455 e. The molecule has 2 nitrogen and oxygen atoms in total. The predicted octanol–water partition coefficient (Wildman–Crippen LogP) is 4.35. The molecule has 0 radical (unpaired) electrons. The molecule has 3 saturated carbocycles.